The molecule has 2 amide bonds. The predicted molar refractivity (Wildman–Crippen MR) is 91.2 cm³/mol. The van der Waals surface area contributed by atoms with Crippen molar-refractivity contribution in [3.63, 3.8) is 0 Å². The minimum absolute atomic E-state index is 0.0405. The summed E-state index contributed by atoms with van der Waals surface area (Å²) in [7, 11) is -1.32. The van der Waals surface area contributed by atoms with Crippen molar-refractivity contribution >= 4 is 22.6 Å². The van der Waals surface area contributed by atoms with Crippen LogP contribution in [0.15, 0.2) is 24.3 Å². The first-order chi connectivity index (χ1) is 10.9. The molecule has 23 heavy (non-hydrogen) atoms. The summed E-state index contributed by atoms with van der Waals surface area (Å²) in [6.45, 7) is 5.40. The third-order valence-corrected chi connectivity index (χ3v) is 5.97. The zero-order valence-electron chi connectivity index (χ0n) is 13.7. The van der Waals surface area contributed by atoms with E-state index >= 15 is 0 Å². The van der Waals surface area contributed by atoms with Gasteiger partial charge in [-0.2, -0.15) is 0 Å². The highest BCUT2D eigenvalue weighted by molar-refractivity contribution is 7.85. The van der Waals surface area contributed by atoms with Crippen molar-refractivity contribution in [1.82, 2.24) is 4.90 Å². The quantitative estimate of drug-likeness (QED) is 0.888. The molecule has 1 aromatic carbocycles. The van der Waals surface area contributed by atoms with E-state index in [0.29, 0.717) is 11.5 Å². The molecule has 0 aromatic heterocycles. The fourth-order valence-electron chi connectivity index (χ4n) is 2.70. The maximum Gasteiger partial charge on any atom is 0.248 e. The Kier molecular flexibility index (Phi) is 5.93. The second kappa shape index (κ2) is 7.73. The average Bonchev–Trinajstić information content (AvgIpc) is 2.54. The van der Waals surface area contributed by atoms with Crippen molar-refractivity contribution in [3.8, 4) is 0 Å². The van der Waals surface area contributed by atoms with Crippen LogP contribution in [0.1, 0.15) is 42.6 Å². The standard InChI is InChI=1S/C17H24N2O3S/c1-12-6-8-19(9-7-12)17(21)13(2)23(22)11-14-4-3-5-15(10-14)16(18)20/h3-5,10,12-13H,6-9,11H2,1-2H3,(H2,18,20)/t13-,23+/m0/s1. The second-order valence-corrected chi connectivity index (χ2v) is 8.00. The Balaban J connectivity index is 1.98. The number of piperidine rings is 1. The first-order valence-electron chi connectivity index (χ1n) is 7.93. The minimum atomic E-state index is -1.32. The van der Waals surface area contributed by atoms with E-state index in [2.05, 4.69) is 6.92 Å². The maximum absolute atomic E-state index is 12.5. The molecular weight excluding hydrogens is 312 g/mol. The van der Waals surface area contributed by atoms with Crippen LogP contribution in [-0.2, 0) is 21.3 Å². The smallest absolute Gasteiger partial charge is 0.248 e. The van der Waals surface area contributed by atoms with E-state index in [0.717, 1.165) is 31.5 Å². The molecule has 0 unspecified atom stereocenters. The molecule has 1 fully saturated rings. The van der Waals surface area contributed by atoms with E-state index in [-0.39, 0.29) is 11.7 Å². The van der Waals surface area contributed by atoms with E-state index in [9.17, 15) is 13.8 Å². The van der Waals surface area contributed by atoms with Crippen molar-refractivity contribution in [1.29, 1.82) is 0 Å². The molecule has 0 radical (unpaired) electrons. The highest BCUT2D eigenvalue weighted by atomic mass is 32.2. The molecule has 1 saturated heterocycles. The fourth-order valence-corrected chi connectivity index (χ4v) is 3.83. The van der Waals surface area contributed by atoms with Gasteiger partial charge in [0.05, 0.1) is 0 Å². The highest BCUT2D eigenvalue weighted by Crippen LogP contribution is 2.18. The Labute approximate surface area is 139 Å². The van der Waals surface area contributed by atoms with Gasteiger partial charge in [0, 0.05) is 35.2 Å². The molecule has 0 spiro atoms. The molecule has 1 aliphatic rings. The summed E-state index contributed by atoms with van der Waals surface area (Å²) in [5.41, 5.74) is 6.40. The Hall–Kier alpha value is -1.69. The van der Waals surface area contributed by atoms with Crippen molar-refractivity contribution in [2.75, 3.05) is 13.1 Å². The molecular formula is C17H24N2O3S. The number of likely N-dealkylation sites (tertiary alicyclic amines) is 1. The second-order valence-electron chi connectivity index (χ2n) is 6.24. The number of primary amides is 1. The summed E-state index contributed by atoms with van der Waals surface area (Å²) < 4.78 is 12.5. The predicted octanol–water partition coefficient (Wildman–Crippen LogP) is 1.68. The lowest BCUT2D eigenvalue weighted by atomic mass is 9.99. The Morgan fingerprint density at radius 1 is 1.35 bits per heavy atom. The van der Waals surface area contributed by atoms with E-state index in [1.54, 1.807) is 31.2 Å². The molecule has 5 nitrogen and oxygen atoms in total. The molecule has 126 valence electrons. The summed E-state index contributed by atoms with van der Waals surface area (Å²) in [6, 6.07) is 6.77. The molecule has 2 N–H and O–H groups in total. The van der Waals surface area contributed by atoms with Crippen LogP contribution < -0.4 is 5.73 Å². The maximum atomic E-state index is 12.5. The van der Waals surface area contributed by atoms with Gasteiger partial charge in [0.25, 0.3) is 0 Å². The van der Waals surface area contributed by atoms with Gasteiger partial charge in [-0.25, -0.2) is 0 Å². The van der Waals surface area contributed by atoms with Crippen LogP contribution in [0.4, 0.5) is 0 Å². The number of nitrogens with zero attached hydrogens (tertiary/aromatic N) is 1. The lowest BCUT2D eigenvalue weighted by Crippen LogP contribution is -2.44. The third kappa shape index (κ3) is 4.64. The van der Waals surface area contributed by atoms with Crippen molar-refractivity contribution in [2.45, 2.75) is 37.7 Å². The van der Waals surface area contributed by atoms with Gasteiger partial charge < -0.3 is 10.6 Å². The van der Waals surface area contributed by atoms with E-state index in [4.69, 9.17) is 5.73 Å². The Morgan fingerprint density at radius 2 is 2.00 bits per heavy atom. The number of hydrogen-bond acceptors (Lipinski definition) is 3. The van der Waals surface area contributed by atoms with E-state index in [1.165, 1.54) is 0 Å². The molecule has 1 heterocycles. The van der Waals surface area contributed by atoms with Crippen molar-refractivity contribution in [3.05, 3.63) is 35.4 Å². The van der Waals surface area contributed by atoms with Crippen LogP contribution in [-0.4, -0.2) is 39.3 Å². The lowest BCUT2D eigenvalue weighted by molar-refractivity contribution is -0.131. The Morgan fingerprint density at radius 3 is 2.61 bits per heavy atom. The molecule has 1 aromatic rings. The SMILES string of the molecule is CC1CCN(C(=O)[C@H](C)[S@](=O)Cc2cccc(C(N)=O)c2)CC1. The molecule has 2 rings (SSSR count). The summed E-state index contributed by atoms with van der Waals surface area (Å²) in [5.74, 6) is 0.347. The van der Waals surface area contributed by atoms with Gasteiger partial charge >= 0.3 is 0 Å². The van der Waals surface area contributed by atoms with Crippen LogP contribution in [0.5, 0.6) is 0 Å². The van der Waals surface area contributed by atoms with Crippen LogP contribution in [0.2, 0.25) is 0 Å². The minimum Gasteiger partial charge on any atom is -0.366 e. The average molecular weight is 336 g/mol. The zero-order valence-corrected chi connectivity index (χ0v) is 14.5. The van der Waals surface area contributed by atoms with Gasteiger partial charge in [0.1, 0.15) is 5.25 Å². The molecule has 0 saturated carbocycles. The van der Waals surface area contributed by atoms with Crippen LogP contribution in [0.25, 0.3) is 0 Å². The van der Waals surface area contributed by atoms with Gasteiger partial charge in [-0.3, -0.25) is 13.8 Å². The highest BCUT2D eigenvalue weighted by Gasteiger charge is 2.27. The van der Waals surface area contributed by atoms with Crippen molar-refractivity contribution in [2.24, 2.45) is 11.7 Å². The molecule has 1 aliphatic heterocycles. The van der Waals surface area contributed by atoms with Crippen LogP contribution in [0, 0.1) is 5.92 Å². The number of nitrogens with two attached hydrogens (primary N) is 1. The number of hydrogen-bond donors (Lipinski definition) is 1. The zero-order chi connectivity index (χ0) is 17.0. The van der Waals surface area contributed by atoms with Gasteiger partial charge in [0.15, 0.2) is 0 Å². The lowest BCUT2D eigenvalue weighted by Gasteiger charge is -2.32. The first-order valence-corrected chi connectivity index (χ1v) is 9.31. The van der Waals surface area contributed by atoms with Crippen LogP contribution >= 0.6 is 0 Å². The number of rotatable bonds is 5. The summed E-state index contributed by atoms with van der Waals surface area (Å²) in [4.78, 5) is 25.5. The van der Waals surface area contributed by atoms with Crippen LogP contribution in [0.3, 0.4) is 0 Å². The van der Waals surface area contributed by atoms with Crippen molar-refractivity contribution < 1.29 is 13.8 Å². The monoisotopic (exact) mass is 336 g/mol. The molecule has 6 heteroatoms. The fraction of sp³-hybridized carbons (Fsp3) is 0.529. The van der Waals surface area contributed by atoms with Gasteiger partial charge in [-0.1, -0.05) is 19.1 Å². The van der Waals surface area contributed by atoms with E-state index in [1.807, 2.05) is 4.90 Å². The molecule has 0 aliphatic carbocycles. The number of carbonyl (C=O) groups excluding carboxylic acids is 2. The molecule has 2 atom stereocenters. The first kappa shape index (κ1) is 17.7. The third-order valence-electron chi connectivity index (χ3n) is 4.36. The topological polar surface area (TPSA) is 80.5 Å². The normalized spacial score (nSPS) is 18.4. The summed E-state index contributed by atoms with van der Waals surface area (Å²) >= 11 is 0. The van der Waals surface area contributed by atoms with E-state index < -0.39 is 22.0 Å². The number of benzene rings is 1. The van der Waals surface area contributed by atoms with Gasteiger partial charge in [0.2, 0.25) is 11.8 Å². The molecule has 0 bridgehead atoms. The summed E-state index contributed by atoms with van der Waals surface area (Å²) in [6.07, 6.45) is 2.01. The number of carbonyl (C=O) groups is 2. The van der Waals surface area contributed by atoms with Gasteiger partial charge in [-0.15, -0.1) is 0 Å². The largest absolute Gasteiger partial charge is 0.366 e. The Bertz CT molecular complexity index is 610. The number of amides is 2. The summed E-state index contributed by atoms with van der Waals surface area (Å²) in [5, 5.41) is -0.541. The van der Waals surface area contributed by atoms with Gasteiger partial charge in [-0.05, 0) is 43.4 Å².